The maximum Gasteiger partial charge on any atom is 0.433 e. The first-order valence-electron chi connectivity index (χ1n) is 10.7. The minimum Gasteiger partial charge on any atom is -0.386 e. The van der Waals surface area contributed by atoms with E-state index >= 15 is 0 Å². The first-order valence-corrected chi connectivity index (χ1v) is 10.7. The summed E-state index contributed by atoms with van der Waals surface area (Å²) in [6.07, 6.45) is -1.34. The van der Waals surface area contributed by atoms with E-state index in [9.17, 15) is 27.5 Å². The van der Waals surface area contributed by atoms with Crippen molar-refractivity contribution >= 4 is 5.91 Å². The fourth-order valence-electron chi connectivity index (χ4n) is 4.09. The molecule has 1 aliphatic rings. The average molecular weight is 473 g/mol. The van der Waals surface area contributed by atoms with Crippen LogP contribution < -0.4 is 5.32 Å². The molecule has 0 unspecified atom stereocenters. The Kier molecular flexibility index (Phi) is 5.72. The second kappa shape index (κ2) is 8.16. The summed E-state index contributed by atoms with van der Waals surface area (Å²) in [7, 11) is 0. The highest BCUT2D eigenvalue weighted by Crippen LogP contribution is 2.51. The molecule has 0 saturated heterocycles. The van der Waals surface area contributed by atoms with Gasteiger partial charge in [-0.25, -0.2) is 4.39 Å². The fourth-order valence-corrected chi connectivity index (χ4v) is 4.09. The van der Waals surface area contributed by atoms with Gasteiger partial charge in [0.2, 0.25) is 0 Å². The number of aromatic nitrogens is 2. The molecule has 1 fully saturated rings. The molecule has 0 bridgehead atoms. The van der Waals surface area contributed by atoms with E-state index in [0.29, 0.717) is 17.7 Å². The highest BCUT2D eigenvalue weighted by Gasteiger charge is 2.54. The number of carbonyl (C=O) groups excluding carboxylic acids is 1. The lowest BCUT2D eigenvalue weighted by molar-refractivity contribution is -0.141. The van der Waals surface area contributed by atoms with Gasteiger partial charge in [-0.15, -0.1) is 0 Å². The van der Waals surface area contributed by atoms with Crippen LogP contribution in [-0.2, 0) is 17.3 Å². The van der Waals surface area contributed by atoms with Crippen molar-refractivity contribution in [2.24, 2.45) is 5.92 Å². The van der Waals surface area contributed by atoms with E-state index in [0.717, 1.165) is 17.8 Å². The summed E-state index contributed by atoms with van der Waals surface area (Å²) in [5, 5.41) is 13.5. The van der Waals surface area contributed by atoms with Crippen LogP contribution in [0, 0.1) is 11.7 Å². The third-order valence-corrected chi connectivity index (χ3v) is 6.16. The van der Waals surface area contributed by atoms with Gasteiger partial charge in [-0.2, -0.15) is 13.2 Å². The Balaban J connectivity index is 1.64. The van der Waals surface area contributed by atoms with Gasteiger partial charge < -0.3 is 10.4 Å². The van der Waals surface area contributed by atoms with Crippen molar-refractivity contribution in [3.63, 3.8) is 0 Å². The number of halogens is 4. The lowest BCUT2D eigenvalue weighted by atomic mass is 9.91. The van der Waals surface area contributed by atoms with Crippen molar-refractivity contribution in [2.45, 2.75) is 44.5 Å². The molecule has 1 aromatic carbocycles. The third-order valence-electron chi connectivity index (χ3n) is 6.16. The van der Waals surface area contributed by atoms with Crippen LogP contribution >= 0.6 is 0 Å². The van der Waals surface area contributed by atoms with Gasteiger partial charge in [0.05, 0.1) is 16.8 Å². The van der Waals surface area contributed by atoms with Crippen LogP contribution in [0.1, 0.15) is 54.4 Å². The Labute approximate surface area is 193 Å². The minimum atomic E-state index is -4.65. The Morgan fingerprint density at radius 1 is 1.09 bits per heavy atom. The predicted molar refractivity (Wildman–Crippen MR) is 117 cm³/mol. The molecule has 1 amide bonds. The molecule has 5 nitrogen and oxygen atoms in total. The maximum atomic E-state index is 13.2. The van der Waals surface area contributed by atoms with Crippen molar-refractivity contribution in [2.75, 3.05) is 0 Å². The molecule has 1 aliphatic carbocycles. The fraction of sp³-hybridized carbons (Fsp3) is 0.320. The van der Waals surface area contributed by atoms with Crippen LogP contribution in [0.5, 0.6) is 0 Å². The molecule has 9 heteroatoms. The summed E-state index contributed by atoms with van der Waals surface area (Å²) in [4.78, 5) is 20.6. The maximum absolute atomic E-state index is 13.2. The molecule has 2 heterocycles. The van der Waals surface area contributed by atoms with Crippen LogP contribution in [0.2, 0.25) is 0 Å². The molecular weight excluding hydrogens is 450 g/mol. The Morgan fingerprint density at radius 3 is 2.24 bits per heavy atom. The number of pyridine rings is 2. The number of nitrogens with one attached hydrogen (secondary N) is 1. The Hall–Kier alpha value is -3.33. The van der Waals surface area contributed by atoms with Crippen molar-refractivity contribution < 1.29 is 27.5 Å². The molecule has 2 aromatic heterocycles. The first-order chi connectivity index (χ1) is 15.8. The van der Waals surface area contributed by atoms with Crippen molar-refractivity contribution in [1.29, 1.82) is 0 Å². The van der Waals surface area contributed by atoms with E-state index in [2.05, 4.69) is 15.3 Å². The van der Waals surface area contributed by atoms with Crippen LogP contribution in [0.4, 0.5) is 17.6 Å². The number of benzene rings is 1. The van der Waals surface area contributed by atoms with E-state index in [1.165, 1.54) is 38.1 Å². The molecule has 0 radical (unpaired) electrons. The van der Waals surface area contributed by atoms with E-state index in [1.807, 2.05) is 6.92 Å². The van der Waals surface area contributed by atoms with Crippen LogP contribution in [0.3, 0.4) is 0 Å². The van der Waals surface area contributed by atoms with E-state index in [4.69, 9.17) is 0 Å². The smallest absolute Gasteiger partial charge is 0.386 e. The molecule has 4 rings (SSSR count). The molecule has 0 spiro atoms. The summed E-state index contributed by atoms with van der Waals surface area (Å²) < 4.78 is 52.6. The van der Waals surface area contributed by atoms with Gasteiger partial charge in [-0.3, -0.25) is 14.8 Å². The summed E-state index contributed by atoms with van der Waals surface area (Å²) in [6.45, 7) is 4.77. The number of aliphatic hydroxyl groups is 1. The molecule has 3 aromatic rings. The zero-order valence-corrected chi connectivity index (χ0v) is 18.7. The quantitative estimate of drug-likeness (QED) is 0.500. The largest absolute Gasteiger partial charge is 0.433 e. The van der Waals surface area contributed by atoms with E-state index in [-0.39, 0.29) is 23.0 Å². The number of amides is 1. The van der Waals surface area contributed by atoms with Crippen LogP contribution in [0.15, 0.2) is 54.9 Å². The SMILES string of the molecule is C[C@H]1C[C@]1(NC(=O)c1ccc(F)cc1)c1ccc(-c2cnc(C(F)(F)F)cc2C(C)(C)O)nc1. The van der Waals surface area contributed by atoms with Gasteiger partial charge >= 0.3 is 6.18 Å². The standard InChI is InChI=1S/C25H23F4N3O2/c1-14-11-24(14,32-22(33)15-4-7-17(26)8-5-15)16-6-9-20(30-12-16)18-13-31-21(25(27,28)29)10-19(18)23(2,3)34/h4-10,12-14,34H,11H2,1-3H3,(H,32,33)/t14-,24+/m0/s1. The predicted octanol–water partition coefficient (Wildman–Crippen LogP) is 5.19. The summed E-state index contributed by atoms with van der Waals surface area (Å²) in [5.41, 5.74) is -1.56. The van der Waals surface area contributed by atoms with Crippen LogP contribution in [-0.4, -0.2) is 21.0 Å². The topological polar surface area (TPSA) is 75.1 Å². The summed E-state index contributed by atoms with van der Waals surface area (Å²) >= 11 is 0. The zero-order valence-electron chi connectivity index (χ0n) is 18.7. The van der Waals surface area contributed by atoms with Crippen LogP contribution in [0.25, 0.3) is 11.3 Å². The Bertz CT molecular complexity index is 1220. The highest BCUT2D eigenvalue weighted by atomic mass is 19.4. The van der Waals surface area contributed by atoms with E-state index < -0.39 is 28.8 Å². The molecule has 0 aliphatic heterocycles. The molecular formula is C25H23F4N3O2. The van der Waals surface area contributed by atoms with E-state index in [1.54, 1.807) is 18.3 Å². The second-order valence-corrected chi connectivity index (χ2v) is 9.14. The van der Waals surface area contributed by atoms with Gasteiger partial charge in [-0.05, 0) is 73.7 Å². The lowest BCUT2D eigenvalue weighted by Gasteiger charge is -2.23. The monoisotopic (exact) mass is 473 g/mol. The molecule has 1 saturated carbocycles. The van der Waals surface area contributed by atoms with Crippen molar-refractivity contribution in [3.8, 4) is 11.3 Å². The average Bonchev–Trinajstić information content (AvgIpc) is 3.42. The van der Waals surface area contributed by atoms with Crippen molar-refractivity contribution in [1.82, 2.24) is 15.3 Å². The molecule has 2 N–H and O–H groups in total. The summed E-state index contributed by atoms with van der Waals surface area (Å²) in [6, 6.07) is 9.46. The summed E-state index contributed by atoms with van der Waals surface area (Å²) in [5.74, 6) is -0.650. The van der Waals surface area contributed by atoms with Gasteiger partial charge in [0.25, 0.3) is 5.91 Å². The minimum absolute atomic E-state index is 0.0502. The third kappa shape index (κ3) is 4.52. The molecule has 34 heavy (non-hydrogen) atoms. The van der Waals surface area contributed by atoms with Gasteiger partial charge in [0.1, 0.15) is 11.5 Å². The number of carbonyl (C=O) groups is 1. The number of rotatable bonds is 5. The first kappa shape index (κ1) is 23.8. The number of alkyl halides is 3. The number of hydrogen-bond donors (Lipinski definition) is 2. The Morgan fingerprint density at radius 2 is 1.74 bits per heavy atom. The highest BCUT2D eigenvalue weighted by molar-refractivity contribution is 5.95. The number of hydrogen-bond acceptors (Lipinski definition) is 4. The lowest BCUT2D eigenvalue weighted by Crippen LogP contribution is -2.36. The second-order valence-electron chi connectivity index (χ2n) is 9.14. The van der Waals surface area contributed by atoms with Gasteiger partial charge in [-0.1, -0.05) is 13.0 Å². The van der Waals surface area contributed by atoms with Gasteiger partial charge in [0, 0.05) is 23.5 Å². The molecule has 2 atom stereocenters. The van der Waals surface area contributed by atoms with Crippen molar-refractivity contribution in [3.05, 3.63) is 83.1 Å². The van der Waals surface area contributed by atoms with Gasteiger partial charge in [0.15, 0.2) is 0 Å². The molecule has 178 valence electrons. The normalized spacial score (nSPS) is 20.2. The zero-order chi connectivity index (χ0) is 24.9. The number of nitrogens with zero attached hydrogens (tertiary/aromatic N) is 2.